The minimum absolute atomic E-state index is 0.112. The second-order valence-corrected chi connectivity index (χ2v) is 7.90. The Morgan fingerprint density at radius 3 is 2.56 bits per heavy atom. The van der Waals surface area contributed by atoms with Crippen LogP contribution in [0.3, 0.4) is 0 Å². The Kier molecular flexibility index (Phi) is 5.93. The van der Waals surface area contributed by atoms with E-state index < -0.39 is 16.1 Å². The van der Waals surface area contributed by atoms with Crippen LogP contribution >= 0.6 is 0 Å². The smallest absolute Gasteiger partial charge is 0.242 e. The lowest BCUT2D eigenvalue weighted by Gasteiger charge is -2.17. The number of sulfonamides is 1. The monoisotopic (exact) mass is 365 g/mol. The largest absolute Gasteiger partial charge is 0.350 e. The van der Waals surface area contributed by atoms with Crippen LogP contribution in [0.4, 0.5) is 0 Å². The lowest BCUT2D eigenvalue weighted by Crippen LogP contribution is -2.36. The summed E-state index contributed by atoms with van der Waals surface area (Å²) in [5.41, 5.74) is 1.27. The molecule has 1 atom stereocenters. The standard InChI is InChI=1S/C16H23N5O3S/c1-17-15(13-10-19-21(4)11-13)16(22)18-9-12-7-5-6-8-14(12)25(23,24)20(2)3/h5-8,10-11,15,17H,9H2,1-4H3,(H,18,22). The lowest BCUT2D eigenvalue weighted by molar-refractivity contribution is -0.123. The van der Waals surface area contributed by atoms with Crippen molar-refractivity contribution in [3.63, 3.8) is 0 Å². The number of carbonyl (C=O) groups excluding carboxylic acids is 1. The van der Waals surface area contributed by atoms with E-state index >= 15 is 0 Å². The SMILES string of the molecule is CNC(C(=O)NCc1ccccc1S(=O)(=O)N(C)C)c1cnn(C)c1. The van der Waals surface area contributed by atoms with Crippen LogP contribution in [0.2, 0.25) is 0 Å². The molecular weight excluding hydrogens is 342 g/mol. The Morgan fingerprint density at radius 2 is 2.00 bits per heavy atom. The number of aromatic nitrogens is 2. The number of nitrogens with zero attached hydrogens (tertiary/aromatic N) is 3. The molecule has 0 saturated carbocycles. The number of amides is 1. The first-order valence-electron chi connectivity index (χ1n) is 7.71. The maximum absolute atomic E-state index is 12.5. The van der Waals surface area contributed by atoms with Crippen molar-refractivity contribution in [2.24, 2.45) is 7.05 Å². The summed E-state index contributed by atoms with van der Waals surface area (Å²) >= 11 is 0. The number of benzene rings is 1. The van der Waals surface area contributed by atoms with Gasteiger partial charge in [-0.2, -0.15) is 5.10 Å². The molecule has 0 saturated heterocycles. The highest BCUT2D eigenvalue weighted by molar-refractivity contribution is 7.89. The molecule has 0 aliphatic carbocycles. The average Bonchev–Trinajstić information content (AvgIpc) is 2.99. The first kappa shape index (κ1) is 19.1. The second-order valence-electron chi connectivity index (χ2n) is 5.78. The summed E-state index contributed by atoms with van der Waals surface area (Å²) in [4.78, 5) is 12.7. The summed E-state index contributed by atoms with van der Waals surface area (Å²) < 4.78 is 27.6. The normalized spacial score (nSPS) is 13.0. The van der Waals surface area contributed by atoms with Crippen LogP contribution < -0.4 is 10.6 Å². The molecule has 0 aliphatic heterocycles. The second kappa shape index (κ2) is 7.77. The highest BCUT2D eigenvalue weighted by atomic mass is 32.2. The number of rotatable bonds is 7. The third kappa shape index (κ3) is 4.25. The summed E-state index contributed by atoms with van der Waals surface area (Å²) in [6.07, 6.45) is 3.37. The van der Waals surface area contributed by atoms with Crippen LogP contribution in [-0.2, 0) is 28.4 Å². The van der Waals surface area contributed by atoms with Crippen molar-refractivity contribution in [2.75, 3.05) is 21.1 Å². The van der Waals surface area contributed by atoms with Crippen molar-refractivity contribution >= 4 is 15.9 Å². The molecule has 0 fully saturated rings. The van der Waals surface area contributed by atoms with Crippen LogP contribution in [0, 0.1) is 0 Å². The zero-order chi connectivity index (χ0) is 18.6. The molecule has 1 unspecified atom stereocenters. The van der Waals surface area contributed by atoms with E-state index in [2.05, 4.69) is 15.7 Å². The fraction of sp³-hybridized carbons (Fsp3) is 0.375. The van der Waals surface area contributed by atoms with Gasteiger partial charge in [-0.25, -0.2) is 12.7 Å². The van der Waals surface area contributed by atoms with Crippen molar-refractivity contribution in [3.8, 4) is 0 Å². The molecule has 1 aromatic carbocycles. The highest BCUT2D eigenvalue weighted by Gasteiger charge is 2.23. The zero-order valence-corrected chi connectivity index (χ0v) is 15.5. The summed E-state index contributed by atoms with van der Waals surface area (Å²) in [6, 6.07) is 6.06. The Labute approximate surface area is 147 Å². The van der Waals surface area contributed by atoms with Crippen LogP contribution in [0.5, 0.6) is 0 Å². The fourth-order valence-corrected chi connectivity index (χ4v) is 3.54. The van der Waals surface area contributed by atoms with Gasteiger partial charge in [-0.1, -0.05) is 18.2 Å². The van der Waals surface area contributed by atoms with Crippen molar-refractivity contribution in [3.05, 3.63) is 47.8 Å². The van der Waals surface area contributed by atoms with Gasteiger partial charge in [0.1, 0.15) is 6.04 Å². The number of aryl methyl sites for hydroxylation is 1. The van der Waals surface area contributed by atoms with Gasteiger partial charge in [0.15, 0.2) is 0 Å². The third-order valence-corrected chi connectivity index (χ3v) is 5.71. The topological polar surface area (TPSA) is 96.3 Å². The van der Waals surface area contributed by atoms with E-state index in [1.807, 2.05) is 0 Å². The van der Waals surface area contributed by atoms with Crippen LogP contribution in [-0.4, -0.2) is 49.6 Å². The Hall–Kier alpha value is -2.23. The third-order valence-electron chi connectivity index (χ3n) is 3.79. The van der Waals surface area contributed by atoms with Crippen molar-refractivity contribution < 1.29 is 13.2 Å². The molecule has 2 N–H and O–H groups in total. The number of carbonyl (C=O) groups is 1. The van der Waals surface area contributed by atoms with Gasteiger partial charge in [0.25, 0.3) is 0 Å². The molecule has 9 heteroatoms. The minimum Gasteiger partial charge on any atom is -0.350 e. The van der Waals surface area contributed by atoms with E-state index in [0.29, 0.717) is 5.56 Å². The van der Waals surface area contributed by atoms with Crippen molar-refractivity contribution in [1.29, 1.82) is 0 Å². The molecule has 0 aliphatic rings. The molecule has 2 aromatic rings. The van der Waals surface area contributed by atoms with Crippen LogP contribution in [0.1, 0.15) is 17.2 Å². The van der Waals surface area contributed by atoms with Gasteiger partial charge in [0.2, 0.25) is 15.9 Å². The molecule has 8 nitrogen and oxygen atoms in total. The molecule has 2 rings (SSSR count). The quantitative estimate of drug-likeness (QED) is 0.733. The Balaban J connectivity index is 2.17. The zero-order valence-electron chi connectivity index (χ0n) is 14.7. The summed E-state index contributed by atoms with van der Waals surface area (Å²) in [5, 5.41) is 9.79. The van der Waals surface area contributed by atoms with Crippen LogP contribution in [0.25, 0.3) is 0 Å². The Bertz CT molecular complexity index is 845. The molecule has 0 radical (unpaired) electrons. The first-order chi connectivity index (χ1) is 11.8. The first-order valence-corrected chi connectivity index (χ1v) is 9.15. The summed E-state index contributed by atoms with van der Waals surface area (Å²) in [6.45, 7) is 0.112. The average molecular weight is 365 g/mol. The van der Waals surface area contributed by atoms with Crippen LogP contribution in [0.15, 0.2) is 41.6 Å². The van der Waals surface area contributed by atoms with Gasteiger partial charge in [-0.3, -0.25) is 9.48 Å². The van der Waals surface area contributed by atoms with Gasteiger partial charge in [0.05, 0.1) is 11.1 Å². The van der Waals surface area contributed by atoms with Gasteiger partial charge in [-0.15, -0.1) is 0 Å². The molecular formula is C16H23N5O3S. The van der Waals surface area contributed by atoms with E-state index in [1.54, 1.807) is 49.4 Å². The maximum Gasteiger partial charge on any atom is 0.242 e. The van der Waals surface area contributed by atoms with E-state index in [1.165, 1.54) is 20.2 Å². The molecule has 136 valence electrons. The predicted octanol–water partition coefficient (Wildman–Crippen LogP) is 0.247. The molecule has 0 spiro atoms. The van der Waals surface area contributed by atoms with E-state index in [4.69, 9.17) is 0 Å². The van der Waals surface area contributed by atoms with Gasteiger partial charge >= 0.3 is 0 Å². The highest BCUT2D eigenvalue weighted by Crippen LogP contribution is 2.19. The molecule has 25 heavy (non-hydrogen) atoms. The lowest BCUT2D eigenvalue weighted by atomic mass is 10.1. The number of hydrogen-bond donors (Lipinski definition) is 2. The molecule has 1 aromatic heterocycles. The molecule has 1 heterocycles. The van der Waals surface area contributed by atoms with Crippen molar-refractivity contribution in [1.82, 2.24) is 24.7 Å². The van der Waals surface area contributed by atoms with Crippen molar-refractivity contribution in [2.45, 2.75) is 17.5 Å². The van der Waals surface area contributed by atoms with E-state index in [9.17, 15) is 13.2 Å². The van der Waals surface area contributed by atoms with E-state index in [0.717, 1.165) is 9.87 Å². The Morgan fingerprint density at radius 1 is 1.32 bits per heavy atom. The number of hydrogen-bond acceptors (Lipinski definition) is 5. The van der Waals surface area contributed by atoms with Gasteiger partial charge in [-0.05, 0) is 18.7 Å². The van der Waals surface area contributed by atoms with E-state index in [-0.39, 0.29) is 17.3 Å². The predicted molar refractivity (Wildman–Crippen MR) is 94.2 cm³/mol. The molecule has 0 bridgehead atoms. The summed E-state index contributed by atoms with van der Waals surface area (Å²) in [5.74, 6) is -0.257. The maximum atomic E-state index is 12.5. The fourth-order valence-electron chi connectivity index (χ4n) is 2.42. The number of likely N-dealkylation sites (N-methyl/N-ethyl adjacent to an activating group) is 1. The summed E-state index contributed by atoms with van der Waals surface area (Å²) in [7, 11) is 2.83. The van der Waals surface area contributed by atoms with Gasteiger partial charge < -0.3 is 10.6 Å². The minimum atomic E-state index is -3.58. The number of nitrogens with one attached hydrogen (secondary N) is 2. The van der Waals surface area contributed by atoms with Gasteiger partial charge in [0, 0.05) is 39.4 Å². The molecule has 1 amide bonds.